The Morgan fingerprint density at radius 2 is 2.00 bits per heavy atom. The smallest absolute Gasteiger partial charge is 0.309 e. The van der Waals surface area contributed by atoms with Gasteiger partial charge < -0.3 is 14.1 Å². The van der Waals surface area contributed by atoms with Crippen LogP contribution in [0.1, 0.15) is 19.8 Å². The SMILES string of the molecule is CCOC(=O)C1CCN(c2nc3cc(Cl)c(-c4ccc(F)cc4)cc3o2)CC1. The fourth-order valence-corrected chi connectivity index (χ4v) is 3.76. The van der Waals surface area contributed by atoms with Crippen LogP contribution in [-0.2, 0) is 9.53 Å². The fraction of sp³-hybridized carbons (Fsp3) is 0.333. The van der Waals surface area contributed by atoms with E-state index in [0.29, 0.717) is 54.7 Å². The number of anilines is 1. The number of oxazole rings is 1. The van der Waals surface area contributed by atoms with Gasteiger partial charge in [0.05, 0.1) is 17.5 Å². The van der Waals surface area contributed by atoms with Crippen LogP contribution in [0.3, 0.4) is 0 Å². The van der Waals surface area contributed by atoms with Gasteiger partial charge in [0.1, 0.15) is 11.3 Å². The number of hydrogen-bond donors (Lipinski definition) is 0. The van der Waals surface area contributed by atoms with Crippen LogP contribution >= 0.6 is 11.6 Å². The Balaban J connectivity index is 1.55. The minimum atomic E-state index is -0.297. The predicted molar refractivity (Wildman–Crippen MR) is 106 cm³/mol. The van der Waals surface area contributed by atoms with Crippen LogP contribution in [0.4, 0.5) is 10.4 Å². The molecular weight excluding hydrogens is 383 g/mol. The van der Waals surface area contributed by atoms with Gasteiger partial charge in [-0.05, 0) is 49.6 Å². The number of nitrogens with zero attached hydrogens (tertiary/aromatic N) is 2. The Morgan fingerprint density at radius 1 is 1.29 bits per heavy atom. The molecule has 2 aromatic carbocycles. The topological polar surface area (TPSA) is 55.6 Å². The highest BCUT2D eigenvalue weighted by Crippen LogP contribution is 2.34. The summed E-state index contributed by atoms with van der Waals surface area (Å²) in [5.74, 6) is -0.496. The lowest BCUT2D eigenvalue weighted by atomic mass is 9.97. The molecule has 0 aliphatic carbocycles. The first-order valence-electron chi connectivity index (χ1n) is 9.32. The van der Waals surface area contributed by atoms with Gasteiger partial charge in [-0.15, -0.1) is 0 Å². The standard InChI is InChI=1S/C21H20ClFN2O3/c1-2-27-20(26)14-7-9-25(10-8-14)21-24-18-12-17(22)16(11-19(18)28-21)13-3-5-15(23)6-4-13/h3-6,11-12,14H,2,7-10H2,1H3. The molecule has 1 saturated heterocycles. The van der Waals surface area contributed by atoms with E-state index in [1.165, 1.54) is 12.1 Å². The highest BCUT2D eigenvalue weighted by Gasteiger charge is 2.28. The largest absolute Gasteiger partial charge is 0.466 e. The number of piperidine rings is 1. The van der Waals surface area contributed by atoms with E-state index in [9.17, 15) is 9.18 Å². The molecule has 0 spiro atoms. The van der Waals surface area contributed by atoms with Crippen molar-refractivity contribution in [3.63, 3.8) is 0 Å². The van der Waals surface area contributed by atoms with Crippen LogP contribution in [-0.4, -0.2) is 30.6 Å². The van der Waals surface area contributed by atoms with Gasteiger partial charge in [0.25, 0.3) is 6.01 Å². The van der Waals surface area contributed by atoms with Gasteiger partial charge >= 0.3 is 5.97 Å². The Kier molecular flexibility index (Phi) is 5.22. The van der Waals surface area contributed by atoms with E-state index in [1.807, 2.05) is 17.9 Å². The molecule has 0 amide bonds. The summed E-state index contributed by atoms with van der Waals surface area (Å²) in [6.45, 7) is 3.57. The van der Waals surface area contributed by atoms with Crippen molar-refractivity contribution in [3.05, 3.63) is 47.2 Å². The van der Waals surface area contributed by atoms with Crippen molar-refractivity contribution in [2.24, 2.45) is 5.92 Å². The summed E-state index contributed by atoms with van der Waals surface area (Å²) < 4.78 is 24.3. The molecule has 0 bridgehead atoms. The van der Waals surface area contributed by atoms with E-state index in [0.717, 1.165) is 11.1 Å². The number of fused-ring (bicyclic) bond motifs is 1. The molecule has 3 aromatic rings. The minimum Gasteiger partial charge on any atom is -0.466 e. The number of benzene rings is 2. The van der Waals surface area contributed by atoms with Crippen molar-refractivity contribution in [2.75, 3.05) is 24.6 Å². The molecule has 5 nitrogen and oxygen atoms in total. The second kappa shape index (κ2) is 7.80. The number of ether oxygens (including phenoxy) is 1. The number of aromatic nitrogens is 1. The third kappa shape index (κ3) is 3.69. The Morgan fingerprint density at radius 3 is 2.68 bits per heavy atom. The molecule has 0 radical (unpaired) electrons. The van der Waals surface area contributed by atoms with Crippen molar-refractivity contribution < 1.29 is 18.3 Å². The lowest BCUT2D eigenvalue weighted by molar-refractivity contribution is -0.148. The maximum atomic E-state index is 13.2. The monoisotopic (exact) mass is 402 g/mol. The molecule has 4 rings (SSSR count). The first kappa shape index (κ1) is 18.7. The normalized spacial score (nSPS) is 15.2. The molecule has 1 fully saturated rings. The van der Waals surface area contributed by atoms with Gasteiger partial charge in [0.2, 0.25) is 0 Å². The van der Waals surface area contributed by atoms with Crippen LogP contribution in [0.5, 0.6) is 0 Å². The molecule has 2 heterocycles. The van der Waals surface area contributed by atoms with Crippen molar-refractivity contribution in [1.29, 1.82) is 0 Å². The lowest BCUT2D eigenvalue weighted by Crippen LogP contribution is -2.37. The van der Waals surface area contributed by atoms with E-state index >= 15 is 0 Å². The third-order valence-corrected chi connectivity index (χ3v) is 5.32. The molecule has 28 heavy (non-hydrogen) atoms. The summed E-state index contributed by atoms with van der Waals surface area (Å²) in [4.78, 5) is 18.5. The Hall–Kier alpha value is -2.60. The van der Waals surface area contributed by atoms with Crippen LogP contribution in [0.15, 0.2) is 40.8 Å². The van der Waals surface area contributed by atoms with Crippen molar-refractivity contribution in [2.45, 2.75) is 19.8 Å². The number of halogens is 2. The van der Waals surface area contributed by atoms with Gasteiger partial charge in [0.15, 0.2) is 5.58 Å². The zero-order valence-corrected chi connectivity index (χ0v) is 16.2. The molecule has 7 heteroatoms. The molecule has 0 N–H and O–H groups in total. The van der Waals surface area contributed by atoms with E-state index in [4.69, 9.17) is 20.8 Å². The molecule has 0 unspecified atom stereocenters. The first-order valence-corrected chi connectivity index (χ1v) is 9.70. The highest BCUT2D eigenvalue weighted by molar-refractivity contribution is 6.34. The quantitative estimate of drug-likeness (QED) is 0.570. The van der Waals surface area contributed by atoms with Crippen LogP contribution in [0.2, 0.25) is 5.02 Å². The highest BCUT2D eigenvalue weighted by atomic mass is 35.5. The zero-order valence-electron chi connectivity index (χ0n) is 15.5. The van der Waals surface area contributed by atoms with Crippen LogP contribution in [0.25, 0.3) is 22.2 Å². The minimum absolute atomic E-state index is 0.0694. The van der Waals surface area contributed by atoms with Crippen molar-refractivity contribution in [3.8, 4) is 11.1 Å². The van der Waals surface area contributed by atoms with E-state index in [2.05, 4.69) is 4.98 Å². The zero-order chi connectivity index (χ0) is 19.7. The molecular formula is C21H20ClFN2O3. The summed E-state index contributed by atoms with van der Waals surface area (Å²) in [6, 6.07) is 10.3. The van der Waals surface area contributed by atoms with Gasteiger partial charge in [-0.1, -0.05) is 23.7 Å². The molecule has 1 aliphatic rings. The summed E-state index contributed by atoms with van der Waals surface area (Å²) >= 11 is 6.42. The molecule has 146 valence electrons. The van der Waals surface area contributed by atoms with Crippen molar-refractivity contribution in [1.82, 2.24) is 4.98 Å². The van der Waals surface area contributed by atoms with Crippen LogP contribution < -0.4 is 4.90 Å². The summed E-state index contributed by atoms with van der Waals surface area (Å²) in [6.07, 6.45) is 1.41. The maximum absolute atomic E-state index is 13.2. The number of hydrogen-bond acceptors (Lipinski definition) is 5. The number of esters is 1. The number of rotatable bonds is 4. The van der Waals surface area contributed by atoms with E-state index in [1.54, 1.807) is 18.2 Å². The van der Waals surface area contributed by atoms with Crippen LogP contribution in [0, 0.1) is 11.7 Å². The average molecular weight is 403 g/mol. The lowest BCUT2D eigenvalue weighted by Gasteiger charge is -2.29. The molecule has 0 atom stereocenters. The fourth-order valence-electron chi connectivity index (χ4n) is 3.49. The predicted octanol–water partition coefficient (Wildman–Crippen LogP) is 5.07. The number of carbonyl (C=O) groups excluding carboxylic acids is 1. The average Bonchev–Trinajstić information content (AvgIpc) is 3.11. The molecule has 1 aromatic heterocycles. The maximum Gasteiger partial charge on any atom is 0.309 e. The van der Waals surface area contributed by atoms with E-state index in [-0.39, 0.29) is 17.7 Å². The third-order valence-electron chi connectivity index (χ3n) is 5.01. The van der Waals surface area contributed by atoms with E-state index < -0.39 is 0 Å². The van der Waals surface area contributed by atoms with Gasteiger partial charge in [-0.3, -0.25) is 4.79 Å². The second-order valence-corrected chi connectivity index (χ2v) is 7.22. The Bertz CT molecular complexity index is 995. The molecule has 1 aliphatic heterocycles. The molecule has 0 saturated carbocycles. The first-order chi connectivity index (χ1) is 13.5. The van der Waals surface area contributed by atoms with Gasteiger partial charge in [-0.2, -0.15) is 4.98 Å². The van der Waals surface area contributed by atoms with Crippen molar-refractivity contribution >= 4 is 34.7 Å². The summed E-state index contributed by atoms with van der Waals surface area (Å²) in [5, 5.41) is 0.528. The second-order valence-electron chi connectivity index (χ2n) is 6.82. The van der Waals surface area contributed by atoms with Gasteiger partial charge in [-0.25, -0.2) is 4.39 Å². The van der Waals surface area contributed by atoms with Gasteiger partial charge in [0, 0.05) is 18.7 Å². The number of carbonyl (C=O) groups is 1. The summed E-state index contributed by atoms with van der Waals surface area (Å²) in [7, 11) is 0. The summed E-state index contributed by atoms with van der Waals surface area (Å²) in [5.41, 5.74) is 2.85. The Labute approximate surface area is 167 Å².